The summed E-state index contributed by atoms with van der Waals surface area (Å²) in [5.74, 6) is -2.51. The molecule has 1 saturated heterocycles. The van der Waals surface area contributed by atoms with Crippen LogP contribution in [0.3, 0.4) is 0 Å². The number of nitrogens with one attached hydrogen (secondary N) is 1. The molecule has 3 heterocycles. The lowest BCUT2D eigenvalue weighted by atomic mass is 9.92. The second-order valence-corrected chi connectivity index (χ2v) is 9.62. The average Bonchev–Trinajstić information content (AvgIpc) is 3.46. The van der Waals surface area contributed by atoms with Gasteiger partial charge in [-0.15, -0.1) is 11.3 Å². The van der Waals surface area contributed by atoms with Crippen LogP contribution in [0.4, 0.5) is 32.8 Å². The molecule has 2 aromatic heterocycles. The van der Waals surface area contributed by atoms with Crippen molar-refractivity contribution in [3.8, 4) is 23.2 Å². The number of aromatic nitrogens is 2. The maximum atomic E-state index is 16.3. The van der Waals surface area contributed by atoms with Gasteiger partial charge in [0.15, 0.2) is 5.82 Å². The number of alkyl halides is 3. The van der Waals surface area contributed by atoms with Crippen molar-refractivity contribution < 1.29 is 31.5 Å². The van der Waals surface area contributed by atoms with Gasteiger partial charge in [-0.3, -0.25) is 4.79 Å². The number of fused-ring (bicyclic) bond motifs is 2. The number of halogens is 5. The van der Waals surface area contributed by atoms with Crippen molar-refractivity contribution in [2.45, 2.75) is 18.6 Å². The molecule has 1 aliphatic rings. The van der Waals surface area contributed by atoms with Crippen molar-refractivity contribution in [2.75, 3.05) is 31.3 Å². The summed E-state index contributed by atoms with van der Waals surface area (Å²) < 4.78 is 79.2. The fourth-order valence-electron chi connectivity index (χ4n) is 4.58. The molecule has 4 aromatic rings. The molecule has 1 fully saturated rings. The minimum atomic E-state index is -5.07. The summed E-state index contributed by atoms with van der Waals surface area (Å²) in [5.41, 5.74) is 2.42. The summed E-state index contributed by atoms with van der Waals surface area (Å²) >= 11 is 0.679. The van der Waals surface area contributed by atoms with Gasteiger partial charge in [0.1, 0.15) is 28.2 Å². The van der Waals surface area contributed by atoms with E-state index in [0.29, 0.717) is 17.4 Å². The summed E-state index contributed by atoms with van der Waals surface area (Å²) in [6.07, 6.45) is -5.01. The van der Waals surface area contributed by atoms with E-state index in [4.69, 9.17) is 10.5 Å². The number of hydrogen-bond acceptors (Lipinski definition) is 8. The molecule has 2 aromatic carbocycles. The van der Waals surface area contributed by atoms with E-state index >= 15 is 4.39 Å². The number of thiophene rings is 1. The Hall–Kier alpha value is -4.25. The summed E-state index contributed by atoms with van der Waals surface area (Å²) in [6.45, 7) is 0.208. The molecule has 38 heavy (non-hydrogen) atoms. The number of benzene rings is 2. The molecule has 0 saturated carbocycles. The molecule has 196 valence electrons. The van der Waals surface area contributed by atoms with E-state index in [0.717, 1.165) is 12.1 Å². The Balaban J connectivity index is 1.89. The third-order valence-corrected chi connectivity index (χ3v) is 7.44. The lowest BCUT2D eigenvalue weighted by Gasteiger charge is -2.26. The van der Waals surface area contributed by atoms with E-state index in [-0.39, 0.29) is 62.3 Å². The Morgan fingerprint density at radius 3 is 2.63 bits per heavy atom. The minimum absolute atomic E-state index is 0.0566. The summed E-state index contributed by atoms with van der Waals surface area (Å²) in [7, 11) is 2.73. The number of anilines is 2. The number of carbonyl (C=O) groups is 1. The lowest BCUT2D eigenvalue weighted by molar-refractivity contribution is -0.137. The van der Waals surface area contributed by atoms with Crippen LogP contribution in [-0.2, 0) is 11.0 Å². The zero-order valence-electron chi connectivity index (χ0n) is 19.7. The van der Waals surface area contributed by atoms with Crippen LogP contribution in [0.15, 0.2) is 18.2 Å². The molecule has 3 N–H and O–H groups in total. The van der Waals surface area contributed by atoms with Crippen LogP contribution in [-0.4, -0.2) is 42.6 Å². The molecule has 14 heteroatoms. The lowest BCUT2D eigenvalue weighted by Crippen LogP contribution is -2.34. The number of hydrogen-bond donors (Lipinski definition) is 2. The number of likely N-dealkylation sites (N-methyl/N-ethyl adjacent to an activating group) is 1. The molecular weight excluding hydrogens is 531 g/mol. The highest BCUT2D eigenvalue weighted by Gasteiger charge is 2.39. The van der Waals surface area contributed by atoms with E-state index in [1.807, 2.05) is 0 Å². The first-order valence-corrected chi connectivity index (χ1v) is 11.8. The Morgan fingerprint density at radius 1 is 1.29 bits per heavy atom. The molecule has 8 nitrogen and oxygen atoms in total. The predicted molar refractivity (Wildman–Crippen MR) is 131 cm³/mol. The molecule has 0 aliphatic carbocycles. The quantitative estimate of drug-likeness (QED) is 0.358. The van der Waals surface area contributed by atoms with Crippen molar-refractivity contribution in [1.29, 1.82) is 5.26 Å². The Bertz CT molecular complexity index is 1680. The smallest absolute Gasteiger partial charge is 0.417 e. The van der Waals surface area contributed by atoms with E-state index in [1.165, 1.54) is 19.1 Å². The van der Waals surface area contributed by atoms with Crippen molar-refractivity contribution in [3.05, 3.63) is 41.0 Å². The number of nitrogens with two attached hydrogens (primary N) is 1. The molecule has 5 rings (SSSR count). The fraction of sp³-hybridized carbons (Fsp3) is 0.250. The monoisotopic (exact) mass is 548 g/mol. The van der Waals surface area contributed by atoms with Crippen LogP contribution in [0.1, 0.15) is 17.5 Å². The summed E-state index contributed by atoms with van der Waals surface area (Å²) in [5, 5.41) is 11.6. The second kappa shape index (κ2) is 8.95. The van der Waals surface area contributed by atoms with E-state index in [2.05, 4.69) is 15.3 Å². The van der Waals surface area contributed by atoms with Crippen LogP contribution in [0.2, 0.25) is 0 Å². The van der Waals surface area contributed by atoms with Crippen molar-refractivity contribution in [2.24, 2.45) is 0 Å². The number of carbonyl (C=O) groups excluding carboxylic acids is 1. The number of nitrogen functional groups attached to an aromatic ring is 1. The van der Waals surface area contributed by atoms with Gasteiger partial charge in [0.05, 0.1) is 29.0 Å². The van der Waals surface area contributed by atoms with Gasteiger partial charge >= 0.3 is 12.2 Å². The Labute approximate surface area is 215 Å². The number of amides is 1. The SMILES string of the molecule is COc1nc(N(C)C2CNC(=O)C2)c2cc(C(F)(F)F)c(-c3ccc(F)c4sc(N)c(C#N)c34)c(F)c2n1. The largest absolute Gasteiger partial charge is 0.467 e. The summed E-state index contributed by atoms with van der Waals surface area (Å²) in [6, 6.07) is 3.57. The molecule has 0 radical (unpaired) electrons. The molecule has 0 bridgehead atoms. The van der Waals surface area contributed by atoms with Crippen LogP contribution in [0.25, 0.3) is 32.1 Å². The van der Waals surface area contributed by atoms with Crippen molar-refractivity contribution >= 4 is 49.1 Å². The van der Waals surface area contributed by atoms with Gasteiger partial charge in [0, 0.05) is 36.3 Å². The zero-order chi connectivity index (χ0) is 27.5. The number of ether oxygens (including phenoxy) is 1. The number of nitriles is 1. The highest BCUT2D eigenvalue weighted by Crippen LogP contribution is 2.48. The molecular formula is C24H17F5N6O2S. The van der Waals surface area contributed by atoms with Crippen LogP contribution >= 0.6 is 11.3 Å². The maximum absolute atomic E-state index is 16.3. The molecule has 1 aliphatic heterocycles. The average molecular weight is 548 g/mol. The normalized spacial score (nSPS) is 15.6. The third kappa shape index (κ3) is 3.90. The topological polar surface area (TPSA) is 117 Å². The molecule has 1 amide bonds. The first-order valence-electron chi connectivity index (χ1n) is 11.0. The van der Waals surface area contributed by atoms with Crippen LogP contribution in [0.5, 0.6) is 6.01 Å². The molecule has 1 unspecified atom stereocenters. The number of nitrogens with zero attached hydrogens (tertiary/aromatic N) is 4. The van der Waals surface area contributed by atoms with Gasteiger partial charge < -0.3 is 20.7 Å². The van der Waals surface area contributed by atoms with Gasteiger partial charge in [-0.2, -0.15) is 28.4 Å². The van der Waals surface area contributed by atoms with Gasteiger partial charge in [-0.05, 0) is 17.7 Å². The number of rotatable bonds is 4. The van der Waals surface area contributed by atoms with Crippen molar-refractivity contribution in [1.82, 2.24) is 15.3 Å². The van der Waals surface area contributed by atoms with E-state index in [1.54, 1.807) is 6.07 Å². The standard InChI is InChI=1S/C24H17F5N6O2S/c1-35(9-5-15(36)32-8-9)22-11-6-13(24(27,28)29)17(18(26)19(11)33-23(34-22)37-2)10-3-4-14(25)20-16(10)12(7-30)21(31)38-20/h3-4,6,9H,5,8,31H2,1-2H3,(H,32,36). The van der Waals surface area contributed by atoms with Gasteiger partial charge in [-0.25, -0.2) is 8.78 Å². The van der Waals surface area contributed by atoms with E-state index in [9.17, 15) is 27.6 Å². The Kier molecular flexibility index (Phi) is 5.98. The fourth-order valence-corrected chi connectivity index (χ4v) is 5.53. The molecule has 1 atom stereocenters. The van der Waals surface area contributed by atoms with Crippen LogP contribution in [0, 0.1) is 23.0 Å². The van der Waals surface area contributed by atoms with Gasteiger partial charge in [0.25, 0.3) is 0 Å². The zero-order valence-corrected chi connectivity index (χ0v) is 20.5. The number of methoxy groups -OCH3 is 1. The molecule has 0 spiro atoms. The van der Waals surface area contributed by atoms with E-state index < -0.39 is 40.5 Å². The minimum Gasteiger partial charge on any atom is -0.467 e. The second-order valence-electron chi connectivity index (χ2n) is 8.57. The first-order chi connectivity index (χ1) is 18.0. The third-order valence-electron chi connectivity index (χ3n) is 6.42. The van der Waals surface area contributed by atoms with Gasteiger partial charge in [0.2, 0.25) is 5.91 Å². The van der Waals surface area contributed by atoms with Gasteiger partial charge in [-0.1, -0.05) is 6.07 Å². The Morgan fingerprint density at radius 2 is 2.03 bits per heavy atom. The predicted octanol–water partition coefficient (Wildman–Crippen LogP) is 4.60. The van der Waals surface area contributed by atoms with Crippen LogP contribution < -0.4 is 20.7 Å². The first kappa shape index (κ1) is 25.4. The maximum Gasteiger partial charge on any atom is 0.417 e. The van der Waals surface area contributed by atoms with Crippen molar-refractivity contribution in [3.63, 3.8) is 0 Å². The highest BCUT2D eigenvalue weighted by molar-refractivity contribution is 7.23. The highest BCUT2D eigenvalue weighted by atomic mass is 32.1. The summed E-state index contributed by atoms with van der Waals surface area (Å²) in [4.78, 5) is 21.4.